The van der Waals surface area contributed by atoms with E-state index in [0.29, 0.717) is 11.8 Å². The normalized spacial score (nSPS) is 25.0. The number of carboxylic acids is 1. The van der Waals surface area contributed by atoms with Gasteiger partial charge >= 0.3 is 12.1 Å². The number of hydrogen-bond acceptors (Lipinski definition) is 3. The number of amides is 1. The van der Waals surface area contributed by atoms with Crippen molar-refractivity contribution in [1.82, 2.24) is 15.5 Å². The number of alkyl halides is 3. The third-order valence-electron chi connectivity index (χ3n) is 4.78. The molecule has 0 radical (unpaired) electrons. The predicted octanol–water partition coefficient (Wildman–Crippen LogP) is 3.11. The molecule has 0 spiro atoms. The van der Waals surface area contributed by atoms with Crippen molar-refractivity contribution in [2.45, 2.75) is 30.5 Å². The molecule has 0 bridgehead atoms. The zero-order valence-electron chi connectivity index (χ0n) is 13.3. The molecule has 10 heteroatoms. The Morgan fingerprint density at radius 3 is 2.46 bits per heavy atom. The molecule has 0 saturated heterocycles. The maximum atomic E-state index is 12.9. The quantitative estimate of drug-likeness (QED) is 0.692. The minimum absolute atomic E-state index is 0.0538. The summed E-state index contributed by atoms with van der Waals surface area (Å²) in [5.41, 5.74) is -4.06. The molecule has 26 heavy (non-hydrogen) atoms. The number of aromatic amines is 1. The lowest BCUT2D eigenvalue weighted by molar-refractivity contribution is -0.141. The van der Waals surface area contributed by atoms with E-state index in [1.165, 1.54) is 0 Å². The van der Waals surface area contributed by atoms with Gasteiger partial charge in [-0.25, -0.2) is 4.79 Å². The van der Waals surface area contributed by atoms with E-state index in [1.807, 2.05) is 5.10 Å². The Kier molecular flexibility index (Phi) is 4.13. The fourth-order valence-corrected chi connectivity index (χ4v) is 3.39. The van der Waals surface area contributed by atoms with E-state index in [9.17, 15) is 27.9 Å². The maximum Gasteiger partial charge on any atom is 0.420 e. The van der Waals surface area contributed by atoms with Crippen molar-refractivity contribution in [3.05, 3.63) is 51.8 Å². The molecule has 2 aromatic rings. The summed E-state index contributed by atoms with van der Waals surface area (Å²) >= 11 is 3.28. The number of carboxylic acid groups (broad SMARTS) is 1. The molecular weight excluding hydrogens is 419 g/mol. The van der Waals surface area contributed by atoms with E-state index in [4.69, 9.17) is 0 Å². The van der Waals surface area contributed by atoms with Crippen LogP contribution in [0.25, 0.3) is 0 Å². The van der Waals surface area contributed by atoms with Gasteiger partial charge in [0.1, 0.15) is 16.8 Å². The van der Waals surface area contributed by atoms with Crippen LogP contribution in [-0.4, -0.2) is 32.7 Å². The fourth-order valence-electron chi connectivity index (χ4n) is 3.13. The van der Waals surface area contributed by atoms with Gasteiger partial charge in [-0.05, 0) is 24.1 Å². The van der Waals surface area contributed by atoms with E-state index >= 15 is 0 Å². The number of hydrogen-bond donors (Lipinski definition) is 3. The van der Waals surface area contributed by atoms with Crippen molar-refractivity contribution in [2.75, 3.05) is 0 Å². The van der Waals surface area contributed by atoms with Crippen LogP contribution in [0, 0.1) is 0 Å². The molecule has 3 N–H and O–H groups in total. The lowest BCUT2D eigenvalue weighted by Gasteiger charge is -2.21. The molecule has 6 nitrogen and oxygen atoms in total. The summed E-state index contributed by atoms with van der Waals surface area (Å²) in [6.45, 7) is 1.64. The Morgan fingerprint density at radius 2 is 1.92 bits per heavy atom. The van der Waals surface area contributed by atoms with Crippen LogP contribution in [0.15, 0.2) is 34.9 Å². The van der Waals surface area contributed by atoms with Gasteiger partial charge in [0.25, 0.3) is 5.91 Å². The first-order valence-corrected chi connectivity index (χ1v) is 8.23. The minimum Gasteiger partial charge on any atom is -0.479 e. The standard InChI is InChI=1S/C16H13BrF3N3O3/c1-14(8-2-4-9(17)5-3-8)7-15(14,13(25)26)22-12(24)11-10(6-21-23-11)16(18,19)20/h2-6H,7H2,1H3,(H,21,23)(H,22,24)(H,25,26). The summed E-state index contributed by atoms with van der Waals surface area (Å²) in [5.74, 6) is -2.48. The summed E-state index contributed by atoms with van der Waals surface area (Å²) in [5, 5.41) is 17.2. The van der Waals surface area contributed by atoms with E-state index in [1.54, 1.807) is 31.2 Å². The molecule has 3 rings (SSSR count). The number of carbonyl (C=O) groups is 2. The van der Waals surface area contributed by atoms with Gasteiger partial charge in [-0.15, -0.1) is 0 Å². The van der Waals surface area contributed by atoms with Gasteiger partial charge in [0.15, 0.2) is 0 Å². The number of nitrogens with zero attached hydrogens (tertiary/aromatic N) is 1. The summed E-state index contributed by atoms with van der Waals surface area (Å²) in [7, 11) is 0. The molecule has 1 saturated carbocycles. The second-order valence-electron chi connectivity index (χ2n) is 6.34. The molecule has 138 valence electrons. The number of rotatable bonds is 4. The Balaban J connectivity index is 1.92. The van der Waals surface area contributed by atoms with Crippen molar-refractivity contribution in [3.8, 4) is 0 Å². The third-order valence-corrected chi connectivity index (χ3v) is 5.31. The number of aliphatic carboxylic acids is 1. The highest BCUT2D eigenvalue weighted by Crippen LogP contribution is 2.57. The highest BCUT2D eigenvalue weighted by atomic mass is 79.9. The lowest BCUT2D eigenvalue weighted by atomic mass is 9.92. The molecule has 1 heterocycles. The first-order valence-electron chi connectivity index (χ1n) is 7.44. The van der Waals surface area contributed by atoms with Crippen LogP contribution in [0.4, 0.5) is 13.2 Å². The van der Waals surface area contributed by atoms with Crippen LogP contribution in [0.2, 0.25) is 0 Å². The lowest BCUT2D eigenvalue weighted by Crippen LogP contribution is -2.48. The molecule has 0 aliphatic heterocycles. The molecule has 2 unspecified atom stereocenters. The molecule has 1 aromatic carbocycles. The smallest absolute Gasteiger partial charge is 0.420 e. The zero-order chi connectivity index (χ0) is 19.3. The van der Waals surface area contributed by atoms with Crippen molar-refractivity contribution in [2.24, 2.45) is 0 Å². The zero-order valence-corrected chi connectivity index (χ0v) is 14.9. The number of carbonyl (C=O) groups excluding carboxylic acids is 1. The first-order chi connectivity index (χ1) is 12.0. The Morgan fingerprint density at radius 1 is 1.31 bits per heavy atom. The van der Waals surface area contributed by atoms with E-state index in [2.05, 4.69) is 26.3 Å². The van der Waals surface area contributed by atoms with Crippen molar-refractivity contribution in [1.29, 1.82) is 0 Å². The van der Waals surface area contributed by atoms with Crippen LogP contribution in [-0.2, 0) is 16.4 Å². The Labute approximate surface area is 153 Å². The molecule has 1 aliphatic carbocycles. The van der Waals surface area contributed by atoms with Gasteiger partial charge < -0.3 is 10.4 Å². The topological polar surface area (TPSA) is 95.1 Å². The van der Waals surface area contributed by atoms with Crippen LogP contribution in [0.1, 0.15) is 35.0 Å². The SMILES string of the molecule is CC1(c2ccc(Br)cc2)CC1(NC(=O)c1[nH]ncc1C(F)(F)F)C(=O)O. The highest BCUT2D eigenvalue weighted by molar-refractivity contribution is 9.10. The van der Waals surface area contributed by atoms with Crippen LogP contribution in [0.3, 0.4) is 0 Å². The van der Waals surface area contributed by atoms with Crippen molar-refractivity contribution < 1.29 is 27.9 Å². The monoisotopic (exact) mass is 431 g/mol. The minimum atomic E-state index is -4.78. The van der Waals surface area contributed by atoms with Crippen molar-refractivity contribution in [3.63, 3.8) is 0 Å². The number of benzene rings is 1. The summed E-state index contributed by atoms with van der Waals surface area (Å²) in [4.78, 5) is 24.2. The second-order valence-corrected chi connectivity index (χ2v) is 7.25. The Bertz CT molecular complexity index is 881. The average Bonchev–Trinajstić information content (AvgIpc) is 2.95. The molecule has 2 atom stereocenters. The van der Waals surface area contributed by atoms with Gasteiger partial charge in [-0.2, -0.15) is 18.3 Å². The third kappa shape index (κ3) is 2.77. The number of halogens is 4. The first kappa shape index (κ1) is 18.4. The van der Waals surface area contributed by atoms with Gasteiger partial charge in [-0.3, -0.25) is 9.89 Å². The molecule has 1 aromatic heterocycles. The highest BCUT2D eigenvalue weighted by Gasteiger charge is 2.71. The van der Waals surface area contributed by atoms with Crippen LogP contribution < -0.4 is 5.32 Å². The molecular formula is C16H13BrF3N3O3. The fraction of sp³-hybridized carbons (Fsp3) is 0.312. The van der Waals surface area contributed by atoms with Crippen LogP contribution >= 0.6 is 15.9 Å². The van der Waals surface area contributed by atoms with Crippen LogP contribution in [0.5, 0.6) is 0 Å². The summed E-state index contributed by atoms with van der Waals surface area (Å²) in [6, 6.07) is 6.87. The van der Waals surface area contributed by atoms with E-state index < -0.39 is 40.3 Å². The molecule has 1 aliphatic rings. The Hall–Kier alpha value is -2.36. The second kappa shape index (κ2) is 5.83. The van der Waals surface area contributed by atoms with E-state index in [0.717, 1.165) is 4.47 Å². The largest absolute Gasteiger partial charge is 0.479 e. The molecule has 1 amide bonds. The number of aromatic nitrogens is 2. The van der Waals surface area contributed by atoms with Gasteiger partial charge in [0.05, 0.1) is 6.20 Å². The number of nitrogens with one attached hydrogen (secondary N) is 2. The van der Waals surface area contributed by atoms with Crippen molar-refractivity contribution >= 4 is 27.8 Å². The maximum absolute atomic E-state index is 12.9. The summed E-state index contributed by atoms with van der Waals surface area (Å²) < 4.78 is 39.6. The summed E-state index contributed by atoms with van der Waals surface area (Å²) in [6.07, 6.45) is -4.24. The molecule has 1 fully saturated rings. The van der Waals surface area contributed by atoms with Gasteiger partial charge in [-0.1, -0.05) is 35.0 Å². The predicted molar refractivity (Wildman–Crippen MR) is 87.5 cm³/mol. The number of H-pyrrole nitrogens is 1. The van der Waals surface area contributed by atoms with E-state index in [-0.39, 0.29) is 6.42 Å². The van der Waals surface area contributed by atoms with Gasteiger partial charge in [0.2, 0.25) is 0 Å². The average molecular weight is 432 g/mol. The van der Waals surface area contributed by atoms with Gasteiger partial charge in [0, 0.05) is 9.89 Å².